The average Bonchev–Trinajstić information content (AvgIpc) is 3.07. The second-order valence-electron chi connectivity index (χ2n) is 6.31. The Morgan fingerprint density at radius 2 is 1.92 bits per heavy atom. The molecule has 1 fully saturated rings. The molecular weight excluding hydrogens is 329 g/mol. The maximum atomic E-state index is 14.4. The smallest absolute Gasteiger partial charge is 0.242 e. The van der Waals surface area contributed by atoms with E-state index in [0.29, 0.717) is 30.7 Å². The fourth-order valence-electron chi connectivity index (χ4n) is 3.25. The highest BCUT2D eigenvalue weighted by Gasteiger charge is 2.22. The van der Waals surface area contributed by atoms with Crippen LogP contribution in [-0.4, -0.2) is 28.2 Å². The molecule has 130 valence electrons. The Morgan fingerprint density at radius 3 is 2.73 bits per heavy atom. The van der Waals surface area contributed by atoms with Crippen LogP contribution in [-0.2, 0) is 11.2 Å². The SMILES string of the molecule is O=C1CCCN1N=C(Cc1ccnc2ccccc12)c1ccccc1F. The minimum absolute atomic E-state index is 0.0153. The Kier molecular flexibility index (Phi) is 4.44. The molecule has 0 spiro atoms. The molecule has 5 heteroatoms. The third-order valence-electron chi connectivity index (χ3n) is 4.57. The number of hydrazone groups is 1. The first-order valence-corrected chi connectivity index (χ1v) is 8.68. The zero-order valence-electron chi connectivity index (χ0n) is 14.2. The normalized spacial score (nSPS) is 15.0. The van der Waals surface area contributed by atoms with E-state index in [9.17, 15) is 9.18 Å². The molecular formula is C21H18FN3O. The van der Waals surface area contributed by atoms with Gasteiger partial charge in [0.2, 0.25) is 5.91 Å². The molecule has 0 aliphatic carbocycles. The number of pyridine rings is 1. The van der Waals surface area contributed by atoms with E-state index in [4.69, 9.17) is 0 Å². The van der Waals surface area contributed by atoms with Crippen molar-refractivity contribution >= 4 is 22.5 Å². The van der Waals surface area contributed by atoms with Gasteiger partial charge in [0, 0.05) is 36.5 Å². The van der Waals surface area contributed by atoms with Gasteiger partial charge in [0.25, 0.3) is 0 Å². The van der Waals surface area contributed by atoms with Gasteiger partial charge in [-0.2, -0.15) is 5.10 Å². The number of amides is 1. The van der Waals surface area contributed by atoms with Crippen LogP contribution in [0.3, 0.4) is 0 Å². The zero-order chi connectivity index (χ0) is 17.9. The van der Waals surface area contributed by atoms with Crippen molar-refractivity contribution in [2.75, 3.05) is 6.54 Å². The topological polar surface area (TPSA) is 45.6 Å². The second kappa shape index (κ2) is 7.04. The number of hydrogen-bond donors (Lipinski definition) is 0. The number of aromatic nitrogens is 1. The number of nitrogens with zero attached hydrogens (tertiary/aromatic N) is 3. The van der Waals surface area contributed by atoms with E-state index in [1.165, 1.54) is 11.1 Å². The van der Waals surface area contributed by atoms with Crippen LogP contribution >= 0.6 is 0 Å². The Bertz CT molecular complexity index is 994. The van der Waals surface area contributed by atoms with Gasteiger partial charge in [0.1, 0.15) is 5.82 Å². The van der Waals surface area contributed by atoms with Crippen molar-refractivity contribution in [1.82, 2.24) is 9.99 Å². The highest BCUT2D eigenvalue weighted by molar-refractivity contribution is 6.04. The van der Waals surface area contributed by atoms with Crippen LogP contribution in [0.4, 0.5) is 4.39 Å². The summed E-state index contributed by atoms with van der Waals surface area (Å²) in [7, 11) is 0. The third-order valence-corrected chi connectivity index (χ3v) is 4.57. The number of para-hydroxylation sites is 1. The van der Waals surface area contributed by atoms with E-state index in [2.05, 4.69) is 10.1 Å². The monoisotopic (exact) mass is 347 g/mol. The Labute approximate surface area is 151 Å². The van der Waals surface area contributed by atoms with Crippen molar-refractivity contribution in [3.63, 3.8) is 0 Å². The summed E-state index contributed by atoms with van der Waals surface area (Å²) in [6.45, 7) is 0.577. The molecule has 0 N–H and O–H groups in total. The van der Waals surface area contributed by atoms with E-state index >= 15 is 0 Å². The summed E-state index contributed by atoms with van der Waals surface area (Å²) < 4.78 is 14.4. The molecule has 1 aliphatic heterocycles. The Balaban J connectivity index is 1.79. The first-order chi connectivity index (χ1) is 12.7. The predicted octanol–water partition coefficient (Wildman–Crippen LogP) is 3.94. The van der Waals surface area contributed by atoms with E-state index in [1.54, 1.807) is 24.4 Å². The summed E-state index contributed by atoms with van der Waals surface area (Å²) in [6.07, 6.45) is 3.45. The number of benzene rings is 2. The van der Waals surface area contributed by atoms with Crippen LogP contribution < -0.4 is 0 Å². The largest absolute Gasteiger partial charge is 0.273 e. The van der Waals surface area contributed by atoms with Crippen LogP contribution in [0.25, 0.3) is 10.9 Å². The molecule has 2 aromatic carbocycles. The molecule has 0 unspecified atom stereocenters. The summed E-state index contributed by atoms with van der Waals surface area (Å²) in [6, 6.07) is 16.3. The number of rotatable bonds is 4. The second-order valence-corrected chi connectivity index (χ2v) is 6.31. The van der Waals surface area contributed by atoms with E-state index in [1.807, 2.05) is 30.3 Å². The average molecular weight is 347 g/mol. The lowest BCUT2D eigenvalue weighted by molar-refractivity contribution is -0.127. The molecule has 4 rings (SSSR count). The minimum atomic E-state index is -0.337. The predicted molar refractivity (Wildman–Crippen MR) is 99.3 cm³/mol. The van der Waals surface area contributed by atoms with Crippen molar-refractivity contribution in [3.8, 4) is 0 Å². The maximum Gasteiger partial charge on any atom is 0.242 e. The van der Waals surface area contributed by atoms with E-state index in [0.717, 1.165) is 22.9 Å². The van der Waals surface area contributed by atoms with Crippen LogP contribution in [0.5, 0.6) is 0 Å². The summed E-state index contributed by atoms with van der Waals surface area (Å²) in [5, 5.41) is 7.00. The first-order valence-electron chi connectivity index (χ1n) is 8.68. The first kappa shape index (κ1) is 16.4. The van der Waals surface area contributed by atoms with Crippen molar-refractivity contribution in [2.24, 2.45) is 5.10 Å². The van der Waals surface area contributed by atoms with Crippen molar-refractivity contribution < 1.29 is 9.18 Å². The van der Waals surface area contributed by atoms with Gasteiger partial charge in [0.05, 0.1) is 11.2 Å². The molecule has 3 aromatic rings. The van der Waals surface area contributed by atoms with Crippen LogP contribution in [0.15, 0.2) is 65.9 Å². The number of fused-ring (bicyclic) bond motifs is 1. The maximum absolute atomic E-state index is 14.4. The fraction of sp³-hybridized carbons (Fsp3) is 0.190. The van der Waals surface area contributed by atoms with Gasteiger partial charge in [-0.1, -0.05) is 36.4 Å². The van der Waals surface area contributed by atoms with Crippen LogP contribution in [0, 0.1) is 5.82 Å². The molecule has 4 nitrogen and oxygen atoms in total. The molecule has 1 aromatic heterocycles. The Hall–Kier alpha value is -3.08. The van der Waals surface area contributed by atoms with Crippen LogP contribution in [0.1, 0.15) is 24.0 Å². The third kappa shape index (κ3) is 3.20. The molecule has 0 saturated carbocycles. The van der Waals surface area contributed by atoms with E-state index < -0.39 is 0 Å². The lowest BCUT2D eigenvalue weighted by atomic mass is 9.99. The molecule has 0 atom stereocenters. The van der Waals surface area contributed by atoms with Gasteiger partial charge >= 0.3 is 0 Å². The summed E-state index contributed by atoms with van der Waals surface area (Å²) in [5.74, 6) is -0.352. The highest BCUT2D eigenvalue weighted by Crippen LogP contribution is 2.21. The van der Waals surface area contributed by atoms with Crippen molar-refractivity contribution in [3.05, 3.63) is 77.7 Å². The van der Waals surface area contributed by atoms with Crippen LogP contribution in [0.2, 0.25) is 0 Å². The molecule has 1 aliphatic rings. The standard InChI is InChI=1S/C21H18FN3O/c22-18-8-3-1-7-17(18)20(24-25-13-5-10-21(25)26)14-15-11-12-23-19-9-4-2-6-16(15)19/h1-4,6-9,11-12H,5,10,13-14H2. The molecule has 26 heavy (non-hydrogen) atoms. The summed E-state index contributed by atoms with van der Waals surface area (Å²) >= 11 is 0. The van der Waals surface area contributed by atoms with E-state index in [-0.39, 0.29) is 11.7 Å². The molecule has 0 radical (unpaired) electrons. The van der Waals surface area contributed by atoms with Gasteiger partial charge < -0.3 is 0 Å². The summed E-state index contributed by atoms with van der Waals surface area (Å²) in [5.41, 5.74) is 2.86. The quantitative estimate of drug-likeness (QED) is 0.671. The minimum Gasteiger partial charge on any atom is -0.273 e. The number of carbonyl (C=O) groups is 1. The number of hydrogen-bond acceptors (Lipinski definition) is 3. The van der Waals surface area contributed by atoms with Gasteiger partial charge in [-0.15, -0.1) is 0 Å². The van der Waals surface area contributed by atoms with Crippen molar-refractivity contribution in [2.45, 2.75) is 19.3 Å². The van der Waals surface area contributed by atoms with Gasteiger partial charge in [-0.3, -0.25) is 9.78 Å². The Morgan fingerprint density at radius 1 is 1.12 bits per heavy atom. The van der Waals surface area contributed by atoms with Gasteiger partial charge in [-0.25, -0.2) is 9.40 Å². The fourth-order valence-corrected chi connectivity index (χ4v) is 3.25. The number of halogens is 1. The lowest BCUT2D eigenvalue weighted by Gasteiger charge is -2.15. The highest BCUT2D eigenvalue weighted by atomic mass is 19.1. The summed E-state index contributed by atoms with van der Waals surface area (Å²) in [4.78, 5) is 16.4. The van der Waals surface area contributed by atoms with Gasteiger partial charge in [-0.05, 0) is 30.2 Å². The number of carbonyl (C=O) groups excluding carboxylic acids is 1. The van der Waals surface area contributed by atoms with Crippen molar-refractivity contribution in [1.29, 1.82) is 0 Å². The van der Waals surface area contributed by atoms with Gasteiger partial charge in [0.15, 0.2) is 0 Å². The zero-order valence-corrected chi connectivity index (χ0v) is 14.2. The molecule has 1 saturated heterocycles. The molecule has 1 amide bonds. The molecule has 0 bridgehead atoms. The molecule has 2 heterocycles. The lowest BCUT2D eigenvalue weighted by Crippen LogP contribution is -2.22.